The van der Waals surface area contributed by atoms with Crippen LogP contribution in [0.15, 0.2) is 53.4 Å². The van der Waals surface area contributed by atoms with E-state index in [1.54, 1.807) is 24.3 Å². The van der Waals surface area contributed by atoms with Gasteiger partial charge in [-0.2, -0.15) is 4.31 Å². The summed E-state index contributed by atoms with van der Waals surface area (Å²) in [5.74, 6) is -1.37. The van der Waals surface area contributed by atoms with E-state index in [9.17, 15) is 27.2 Å². The third-order valence-electron chi connectivity index (χ3n) is 5.99. The zero-order valence-corrected chi connectivity index (χ0v) is 18.7. The summed E-state index contributed by atoms with van der Waals surface area (Å²) in [5, 5.41) is 2.85. The number of carbonyl (C=O) groups excluding carboxylic acids is 3. The van der Waals surface area contributed by atoms with E-state index in [4.69, 9.17) is 0 Å². The molecule has 0 spiro atoms. The van der Waals surface area contributed by atoms with Gasteiger partial charge in [-0.25, -0.2) is 12.8 Å². The van der Waals surface area contributed by atoms with Crippen molar-refractivity contribution in [2.24, 2.45) is 5.92 Å². The van der Waals surface area contributed by atoms with E-state index in [0.717, 1.165) is 17.7 Å². The Kier molecular flexibility index (Phi) is 6.57. The average molecular weight is 474 g/mol. The Morgan fingerprint density at radius 3 is 2.09 bits per heavy atom. The van der Waals surface area contributed by atoms with E-state index in [0.29, 0.717) is 18.5 Å². The summed E-state index contributed by atoms with van der Waals surface area (Å²) in [6.45, 7) is 0.621. The molecule has 8 nitrogen and oxygen atoms in total. The minimum atomic E-state index is -3.73. The minimum absolute atomic E-state index is 0.0317. The van der Waals surface area contributed by atoms with Crippen LogP contribution >= 0.6 is 0 Å². The molecule has 1 N–H and O–H groups in total. The number of sulfonamides is 1. The van der Waals surface area contributed by atoms with Crippen LogP contribution in [0.1, 0.15) is 31.2 Å². The number of imide groups is 1. The maximum atomic E-state index is 13.1. The average Bonchev–Trinajstić information content (AvgIpc) is 3.12. The van der Waals surface area contributed by atoms with Gasteiger partial charge in [0.2, 0.25) is 27.7 Å². The van der Waals surface area contributed by atoms with Crippen LogP contribution in [0.3, 0.4) is 0 Å². The molecule has 2 heterocycles. The molecule has 0 saturated carbocycles. The molecule has 2 aromatic rings. The van der Waals surface area contributed by atoms with Gasteiger partial charge in [-0.05, 0) is 54.8 Å². The molecule has 4 rings (SSSR count). The zero-order chi connectivity index (χ0) is 23.6. The van der Waals surface area contributed by atoms with Gasteiger partial charge in [0.25, 0.3) is 0 Å². The van der Waals surface area contributed by atoms with Crippen molar-refractivity contribution in [2.75, 3.05) is 18.4 Å². The lowest BCUT2D eigenvalue weighted by Gasteiger charge is -2.30. The van der Waals surface area contributed by atoms with E-state index in [1.165, 1.54) is 21.3 Å². The van der Waals surface area contributed by atoms with Crippen molar-refractivity contribution in [1.29, 1.82) is 0 Å². The number of benzene rings is 2. The molecule has 0 aromatic heterocycles. The Morgan fingerprint density at radius 2 is 1.52 bits per heavy atom. The Bertz CT molecular complexity index is 1140. The molecular formula is C23H24FN3O5S. The fourth-order valence-corrected chi connectivity index (χ4v) is 5.50. The first-order chi connectivity index (χ1) is 15.7. The van der Waals surface area contributed by atoms with E-state index in [1.807, 2.05) is 0 Å². The first-order valence-corrected chi connectivity index (χ1v) is 12.2. The molecule has 2 aliphatic heterocycles. The van der Waals surface area contributed by atoms with Crippen LogP contribution in [0.4, 0.5) is 10.1 Å². The van der Waals surface area contributed by atoms with Crippen molar-refractivity contribution in [3.63, 3.8) is 0 Å². The zero-order valence-electron chi connectivity index (χ0n) is 17.9. The molecule has 10 heteroatoms. The highest BCUT2D eigenvalue weighted by molar-refractivity contribution is 7.89. The molecule has 0 aliphatic carbocycles. The molecular weight excluding hydrogens is 449 g/mol. The van der Waals surface area contributed by atoms with Gasteiger partial charge in [0.1, 0.15) is 5.82 Å². The lowest BCUT2D eigenvalue weighted by atomic mass is 9.97. The van der Waals surface area contributed by atoms with Crippen LogP contribution in [0.5, 0.6) is 0 Å². The number of carbonyl (C=O) groups is 3. The standard InChI is InChI=1S/C23H24FN3O5S/c24-18-3-7-20(8-4-18)33(31,32)26-13-11-17(12-14-26)23(30)25-19-5-1-16(2-6-19)15-27-21(28)9-10-22(27)29/h1-8,17H,9-15H2,(H,25,30). The second-order valence-electron chi connectivity index (χ2n) is 8.19. The van der Waals surface area contributed by atoms with Crippen LogP contribution in [-0.4, -0.2) is 48.4 Å². The van der Waals surface area contributed by atoms with Crippen molar-refractivity contribution < 1.29 is 27.2 Å². The lowest BCUT2D eigenvalue weighted by molar-refractivity contribution is -0.139. The molecule has 2 aromatic carbocycles. The van der Waals surface area contributed by atoms with Crippen LogP contribution in [0.2, 0.25) is 0 Å². The maximum Gasteiger partial charge on any atom is 0.243 e. The summed E-state index contributed by atoms with van der Waals surface area (Å²) in [6, 6.07) is 11.6. The number of hydrogen-bond acceptors (Lipinski definition) is 5. The van der Waals surface area contributed by atoms with Gasteiger partial charge < -0.3 is 5.32 Å². The van der Waals surface area contributed by atoms with E-state index in [-0.39, 0.29) is 61.0 Å². The number of nitrogens with zero attached hydrogens (tertiary/aromatic N) is 2. The summed E-state index contributed by atoms with van der Waals surface area (Å²) in [6.07, 6.45) is 1.25. The number of anilines is 1. The smallest absolute Gasteiger partial charge is 0.243 e. The monoisotopic (exact) mass is 473 g/mol. The van der Waals surface area contributed by atoms with Gasteiger partial charge >= 0.3 is 0 Å². The first-order valence-electron chi connectivity index (χ1n) is 10.7. The highest BCUT2D eigenvalue weighted by Crippen LogP contribution is 2.25. The lowest BCUT2D eigenvalue weighted by Crippen LogP contribution is -2.41. The number of amides is 3. The Morgan fingerprint density at radius 1 is 0.939 bits per heavy atom. The fraction of sp³-hybridized carbons (Fsp3) is 0.348. The third kappa shape index (κ3) is 5.12. The highest BCUT2D eigenvalue weighted by Gasteiger charge is 2.32. The Hall–Kier alpha value is -3.11. The van der Waals surface area contributed by atoms with E-state index >= 15 is 0 Å². The van der Waals surface area contributed by atoms with Crippen LogP contribution in [0.25, 0.3) is 0 Å². The van der Waals surface area contributed by atoms with Crippen molar-refractivity contribution in [3.8, 4) is 0 Å². The number of hydrogen-bond donors (Lipinski definition) is 1. The number of nitrogens with one attached hydrogen (secondary N) is 1. The van der Waals surface area contributed by atoms with Gasteiger partial charge in [-0.1, -0.05) is 12.1 Å². The number of halogens is 1. The molecule has 33 heavy (non-hydrogen) atoms. The summed E-state index contributed by atoms with van der Waals surface area (Å²) in [7, 11) is -3.73. The Balaban J connectivity index is 1.30. The largest absolute Gasteiger partial charge is 0.326 e. The van der Waals surface area contributed by atoms with Gasteiger partial charge in [-0.15, -0.1) is 0 Å². The van der Waals surface area contributed by atoms with Gasteiger partial charge in [0.05, 0.1) is 11.4 Å². The minimum Gasteiger partial charge on any atom is -0.326 e. The van der Waals surface area contributed by atoms with Crippen LogP contribution < -0.4 is 5.32 Å². The number of likely N-dealkylation sites (tertiary alicyclic amines) is 1. The van der Waals surface area contributed by atoms with Crippen molar-refractivity contribution in [3.05, 3.63) is 59.9 Å². The first kappa shape index (κ1) is 23.1. The van der Waals surface area contributed by atoms with E-state index in [2.05, 4.69) is 5.32 Å². The van der Waals surface area contributed by atoms with Gasteiger partial charge in [0.15, 0.2) is 0 Å². The molecule has 0 bridgehead atoms. The van der Waals surface area contributed by atoms with Crippen molar-refractivity contribution in [2.45, 2.75) is 37.1 Å². The Labute approximate surface area is 191 Å². The second-order valence-corrected chi connectivity index (χ2v) is 10.1. The van der Waals surface area contributed by atoms with Crippen LogP contribution in [-0.2, 0) is 31.0 Å². The molecule has 2 fully saturated rings. The molecule has 2 aliphatic rings. The normalized spacial score (nSPS) is 18.0. The third-order valence-corrected chi connectivity index (χ3v) is 7.91. The SMILES string of the molecule is O=C(Nc1ccc(CN2C(=O)CCC2=O)cc1)C1CCN(S(=O)(=O)c2ccc(F)cc2)CC1. The quantitative estimate of drug-likeness (QED) is 0.650. The highest BCUT2D eigenvalue weighted by atomic mass is 32.2. The second kappa shape index (κ2) is 9.40. The van der Waals surface area contributed by atoms with Crippen molar-refractivity contribution >= 4 is 33.4 Å². The molecule has 0 atom stereocenters. The van der Waals surface area contributed by atoms with Gasteiger partial charge in [0, 0.05) is 37.5 Å². The summed E-state index contributed by atoms with van der Waals surface area (Å²) < 4.78 is 39.9. The van der Waals surface area contributed by atoms with E-state index < -0.39 is 15.8 Å². The predicted octanol–water partition coefficient (Wildman–Crippen LogP) is 2.51. The number of rotatable bonds is 6. The summed E-state index contributed by atoms with van der Waals surface area (Å²) in [4.78, 5) is 37.4. The topological polar surface area (TPSA) is 104 Å². The van der Waals surface area contributed by atoms with Gasteiger partial charge in [-0.3, -0.25) is 19.3 Å². The van der Waals surface area contributed by atoms with Crippen LogP contribution in [0, 0.1) is 11.7 Å². The predicted molar refractivity (Wildman–Crippen MR) is 118 cm³/mol. The maximum absolute atomic E-state index is 13.1. The molecule has 0 unspecified atom stereocenters. The molecule has 0 radical (unpaired) electrons. The van der Waals surface area contributed by atoms with Crippen molar-refractivity contribution in [1.82, 2.24) is 9.21 Å². The fourth-order valence-electron chi connectivity index (χ4n) is 4.03. The summed E-state index contributed by atoms with van der Waals surface area (Å²) in [5.41, 5.74) is 1.38. The molecule has 3 amide bonds. The molecule has 2 saturated heterocycles. The number of piperidine rings is 1. The molecule has 174 valence electrons. The summed E-state index contributed by atoms with van der Waals surface area (Å²) >= 11 is 0.